The Bertz CT molecular complexity index is 1080. The van der Waals surface area contributed by atoms with E-state index >= 15 is 0 Å². The zero-order valence-corrected chi connectivity index (χ0v) is 17.0. The van der Waals surface area contributed by atoms with Gasteiger partial charge in [0, 0.05) is 5.56 Å². The molecule has 0 aliphatic carbocycles. The lowest BCUT2D eigenvalue weighted by atomic mass is 10.0. The van der Waals surface area contributed by atoms with E-state index in [1.54, 1.807) is 49.6 Å². The van der Waals surface area contributed by atoms with Gasteiger partial charge in [-0.3, -0.25) is 19.4 Å². The van der Waals surface area contributed by atoms with Crippen molar-refractivity contribution in [3.63, 3.8) is 0 Å². The molecule has 5 nitrogen and oxygen atoms in total. The van der Waals surface area contributed by atoms with E-state index in [0.29, 0.717) is 22.7 Å². The summed E-state index contributed by atoms with van der Waals surface area (Å²) in [5.74, 6) is -0.389. The third-order valence-corrected chi connectivity index (χ3v) is 5.08. The van der Waals surface area contributed by atoms with Crippen LogP contribution >= 0.6 is 12.2 Å². The molecule has 2 amide bonds. The Labute approximate surface area is 179 Å². The average molecular weight is 414 g/mol. The molecule has 0 atom stereocenters. The van der Waals surface area contributed by atoms with Gasteiger partial charge < -0.3 is 4.74 Å². The maximum absolute atomic E-state index is 13.4. The van der Waals surface area contributed by atoms with Crippen LogP contribution in [0.2, 0.25) is 0 Å². The van der Waals surface area contributed by atoms with Crippen LogP contribution in [0.5, 0.6) is 5.75 Å². The Hall–Kier alpha value is -3.77. The predicted octanol–water partition coefficient (Wildman–Crippen LogP) is 4.44. The molecule has 1 aliphatic heterocycles. The van der Waals surface area contributed by atoms with E-state index in [1.807, 2.05) is 48.5 Å². The highest BCUT2D eigenvalue weighted by molar-refractivity contribution is 7.81. The van der Waals surface area contributed by atoms with Crippen molar-refractivity contribution in [1.82, 2.24) is 0 Å². The summed E-state index contributed by atoms with van der Waals surface area (Å²) in [6, 6.07) is 25.3. The predicted molar refractivity (Wildman–Crippen MR) is 121 cm³/mol. The molecule has 4 rings (SSSR count). The molecule has 0 unspecified atom stereocenters. The van der Waals surface area contributed by atoms with Gasteiger partial charge in [-0.1, -0.05) is 54.6 Å². The summed E-state index contributed by atoms with van der Waals surface area (Å²) < 4.78 is 5.38. The van der Waals surface area contributed by atoms with Crippen molar-refractivity contribution < 1.29 is 14.3 Å². The number of para-hydroxylation sites is 3. The number of hydrogen-bond donors (Lipinski definition) is 0. The van der Waals surface area contributed by atoms with Gasteiger partial charge in [0.25, 0.3) is 11.8 Å². The largest absolute Gasteiger partial charge is 0.496 e. The first kappa shape index (κ1) is 19.5. The summed E-state index contributed by atoms with van der Waals surface area (Å²) >= 11 is 5.59. The summed E-state index contributed by atoms with van der Waals surface area (Å²) in [7, 11) is 1.55. The summed E-state index contributed by atoms with van der Waals surface area (Å²) in [6.45, 7) is 0. The molecule has 1 fully saturated rings. The molecule has 0 radical (unpaired) electrons. The van der Waals surface area contributed by atoms with Gasteiger partial charge in [-0.2, -0.15) is 0 Å². The molecule has 0 saturated carbocycles. The number of rotatable bonds is 4. The van der Waals surface area contributed by atoms with E-state index in [2.05, 4.69) is 0 Å². The Balaban J connectivity index is 1.89. The number of carbonyl (C=O) groups is 2. The second-order valence-electron chi connectivity index (χ2n) is 6.53. The summed E-state index contributed by atoms with van der Waals surface area (Å²) in [5, 5.41) is 0.111. The number of methoxy groups -OCH3 is 1. The third-order valence-electron chi connectivity index (χ3n) is 4.72. The van der Waals surface area contributed by atoms with Gasteiger partial charge >= 0.3 is 0 Å². The lowest BCUT2D eigenvalue weighted by Crippen LogP contribution is -2.56. The zero-order valence-electron chi connectivity index (χ0n) is 16.2. The maximum Gasteiger partial charge on any atom is 0.270 e. The van der Waals surface area contributed by atoms with Crippen molar-refractivity contribution in [2.45, 2.75) is 0 Å². The van der Waals surface area contributed by atoms with Crippen LogP contribution in [0.3, 0.4) is 0 Å². The minimum atomic E-state index is -0.478. The first-order chi connectivity index (χ1) is 14.6. The fourth-order valence-electron chi connectivity index (χ4n) is 3.28. The van der Waals surface area contributed by atoms with Crippen LogP contribution in [0.15, 0.2) is 90.5 Å². The van der Waals surface area contributed by atoms with E-state index in [-0.39, 0.29) is 10.7 Å². The standard InChI is InChI=1S/C24H18N2O3S/c1-29-21-15-9-8-10-17(21)16-20-22(27)25(18-11-4-2-5-12-18)24(30)26(23(20)28)19-13-6-3-7-14-19/h2-16H,1H3. The second kappa shape index (κ2) is 8.31. The molecule has 6 heteroatoms. The Kier molecular flexibility index (Phi) is 5.41. The minimum Gasteiger partial charge on any atom is -0.496 e. The molecule has 3 aromatic carbocycles. The number of ether oxygens (including phenoxy) is 1. The minimum absolute atomic E-state index is 0.000746. The van der Waals surface area contributed by atoms with Gasteiger partial charge in [-0.25, -0.2) is 0 Å². The van der Waals surface area contributed by atoms with Gasteiger partial charge in [-0.05, 0) is 48.6 Å². The average Bonchev–Trinajstić information content (AvgIpc) is 2.78. The first-order valence-corrected chi connectivity index (χ1v) is 9.70. The lowest BCUT2D eigenvalue weighted by Gasteiger charge is -2.36. The maximum atomic E-state index is 13.4. The Morgan fingerprint density at radius 2 is 1.20 bits per heavy atom. The van der Waals surface area contributed by atoms with E-state index in [9.17, 15) is 9.59 Å². The Morgan fingerprint density at radius 1 is 0.733 bits per heavy atom. The first-order valence-electron chi connectivity index (χ1n) is 9.29. The lowest BCUT2D eigenvalue weighted by molar-refractivity contribution is -0.120. The number of hydrogen-bond acceptors (Lipinski definition) is 4. The third kappa shape index (κ3) is 3.49. The van der Waals surface area contributed by atoms with Crippen LogP contribution in [-0.4, -0.2) is 24.0 Å². The van der Waals surface area contributed by atoms with Crippen LogP contribution in [0, 0.1) is 0 Å². The van der Waals surface area contributed by atoms with E-state index in [0.717, 1.165) is 0 Å². The number of thiocarbonyl (C=S) groups is 1. The fraction of sp³-hybridized carbons (Fsp3) is 0.0417. The van der Waals surface area contributed by atoms with Crippen LogP contribution in [0.4, 0.5) is 11.4 Å². The summed E-state index contributed by atoms with van der Waals surface area (Å²) in [5.41, 5.74) is 1.81. The molecule has 0 N–H and O–H groups in total. The zero-order chi connectivity index (χ0) is 21.1. The van der Waals surface area contributed by atoms with Gasteiger partial charge in [0.15, 0.2) is 5.11 Å². The smallest absolute Gasteiger partial charge is 0.270 e. The van der Waals surface area contributed by atoms with E-state index in [1.165, 1.54) is 9.80 Å². The highest BCUT2D eigenvalue weighted by atomic mass is 32.1. The molecule has 0 aromatic heterocycles. The number of nitrogens with zero attached hydrogens (tertiary/aromatic N) is 2. The van der Waals surface area contributed by atoms with Crippen molar-refractivity contribution >= 4 is 46.6 Å². The molecule has 3 aromatic rings. The summed E-state index contributed by atoms with van der Waals surface area (Å²) in [6.07, 6.45) is 1.55. The van der Waals surface area contributed by atoms with Gasteiger partial charge in [0.2, 0.25) is 0 Å². The van der Waals surface area contributed by atoms with Gasteiger partial charge in [0.1, 0.15) is 11.3 Å². The molecule has 1 saturated heterocycles. The number of anilines is 2. The van der Waals surface area contributed by atoms with Crippen LogP contribution in [0.25, 0.3) is 6.08 Å². The van der Waals surface area contributed by atoms with Crippen molar-refractivity contribution in [3.05, 3.63) is 96.1 Å². The van der Waals surface area contributed by atoms with Crippen LogP contribution in [0.1, 0.15) is 5.56 Å². The van der Waals surface area contributed by atoms with E-state index in [4.69, 9.17) is 17.0 Å². The summed E-state index contributed by atoms with van der Waals surface area (Å²) in [4.78, 5) is 29.6. The van der Waals surface area contributed by atoms with Crippen molar-refractivity contribution in [2.75, 3.05) is 16.9 Å². The van der Waals surface area contributed by atoms with Gasteiger partial charge in [0.05, 0.1) is 18.5 Å². The fourth-order valence-corrected chi connectivity index (χ4v) is 3.66. The Morgan fingerprint density at radius 3 is 1.70 bits per heavy atom. The highest BCUT2D eigenvalue weighted by Crippen LogP contribution is 2.31. The molecule has 1 heterocycles. The molecule has 0 spiro atoms. The SMILES string of the molecule is COc1ccccc1C=C1C(=O)N(c2ccccc2)C(=S)N(c2ccccc2)C1=O. The molecule has 148 valence electrons. The van der Waals surface area contributed by atoms with Crippen molar-refractivity contribution in [2.24, 2.45) is 0 Å². The molecule has 1 aliphatic rings. The number of amides is 2. The van der Waals surface area contributed by atoms with E-state index < -0.39 is 11.8 Å². The topological polar surface area (TPSA) is 49.9 Å². The second-order valence-corrected chi connectivity index (χ2v) is 6.90. The molecule has 0 bridgehead atoms. The number of carbonyl (C=O) groups excluding carboxylic acids is 2. The van der Waals surface area contributed by atoms with Crippen molar-refractivity contribution in [3.8, 4) is 5.75 Å². The quantitative estimate of drug-likeness (QED) is 0.360. The monoisotopic (exact) mass is 414 g/mol. The molecular weight excluding hydrogens is 396 g/mol. The molecule has 30 heavy (non-hydrogen) atoms. The normalized spacial score (nSPS) is 14.2. The van der Waals surface area contributed by atoms with Crippen LogP contribution in [-0.2, 0) is 9.59 Å². The molecular formula is C24H18N2O3S. The van der Waals surface area contributed by atoms with Gasteiger partial charge in [-0.15, -0.1) is 0 Å². The van der Waals surface area contributed by atoms with Crippen LogP contribution < -0.4 is 14.5 Å². The number of benzene rings is 3. The highest BCUT2D eigenvalue weighted by Gasteiger charge is 2.41. The van der Waals surface area contributed by atoms with Crippen molar-refractivity contribution in [1.29, 1.82) is 0 Å².